The predicted molar refractivity (Wildman–Crippen MR) is 126 cm³/mol. The summed E-state index contributed by atoms with van der Waals surface area (Å²) in [7, 11) is 0. The summed E-state index contributed by atoms with van der Waals surface area (Å²) in [6.45, 7) is 2.14. The monoisotopic (exact) mass is 479 g/mol. The second-order valence-electron chi connectivity index (χ2n) is 6.84. The Hall–Kier alpha value is -4.24. The van der Waals surface area contributed by atoms with Gasteiger partial charge in [0.25, 0.3) is 11.8 Å². The van der Waals surface area contributed by atoms with Crippen molar-refractivity contribution >= 4 is 23.7 Å². The first-order valence-electron chi connectivity index (χ1n) is 10.2. The van der Waals surface area contributed by atoms with Crippen LogP contribution in [0.2, 0.25) is 5.28 Å². The van der Waals surface area contributed by atoms with Crippen LogP contribution in [-0.4, -0.2) is 33.3 Å². The van der Waals surface area contributed by atoms with Crippen LogP contribution in [0.3, 0.4) is 0 Å². The molecule has 0 saturated carbocycles. The second kappa shape index (κ2) is 10.6. The zero-order valence-corrected chi connectivity index (χ0v) is 18.7. The summed E-state index contributed by atoms with van der Waals surface area (Å²) in [5.74, 6) is -0.875. The summed E-state index contributed by atoms with van der Waals surface area (Å²) in [6.07, 6.45) is 6.10. The zero-order chi connectivity index (χ0) is 23.9. The van der Waals surface area contributed by atoms with E-state index >= 15 is 0 Å². The molecule has 4 aromatic rings. The number of hydrazone groups is 1. The summed E-state index contributed by atoms with van der Waals surface area (Å²) in [5.41, 5.74) is 4.36. The summed E-state index contributed by atoms with van der Waals surface area (Å²) in [5, 5.41) is 3.91. The number of hydrogen-bond donors (Lipinski definition) is 1. The van der Waals surface area contributed by atoms with Crippen LogP contribution in [-0.2, 0) is 0 Å². The molecule has 0 bridgehead atoms. The van der Waals surface area contributed by atoms with E-state index in [0.717, 1.165) is 11.9 Å². The number of para-hydroxylation sites is 1. The Labute approximate surface area is 199 Å². The molecule has 172 valence electrons. The Morgan fingerprint density at radius 2 is 1.97 bits per heavy atom. The first kappa shape index (κ1) is 22.9. The van der Waals surface area contributed by atoms with Crippen molar-refractivity contribution in [2.24, 2.45) is 5.10 Å². The first-order chi connectivity index (χ1) is 16.5. The number of nitrogens with one attached hydrogen (secondary N) is 1. The molecule has 1 amide bonds. The van der Waals surface area contributed by atoms with Gasteiger partial charge in [-0.15, -0.1) is 0 Å². The van der Waals surface area contributed by atoms with Crippen molar-refractivity contribution in [1.29, 1.82) is 0 Å². The smallest absolute Gasteiger partial charge is 0.273 e. The van der Waals surface area contributed by atoms with E-state index < -0.39 is 5.82 Å². The first-order valence-corrected chi connectivity index (χ1v) is 10.6. The molecule has 0 spiro atoms. The summed E-state index contributed by atoms with van der Waals surface area (Å²) >= 11 is 5.72. The number of nitrogens with zero attached hydrogens (tertiary/aromatic N) is 4. The molecule has 1 N–H and O–H groups in total. The van der Waals surface area contributed by atoms with E-state index in [-0.39, 0.29) is 22.8 Å². The normalized spacial score (nSPS) is 10.9. The van der Waals surface area contributed by atoms with Gasteiger partial charge in [0.2, 0.25) is 11.1 Å². The molecule has 0 saturated heterocycles. The maximum Gasteiger partial charge on any atom is 0.273 e. The third-order valence-corrected chi connectivity index (χ3v) is 4.75. The lowest BCUT2D eigenvalue weighted by molar-refractivity contribution is 0.0955. The minimum atomic E-state index is -0.764. The standard InChI is InChI=1S/C24H19ClFN5O3/c1-2-33-21-13-16(9-10-20(21)34-23-18(26)15-27-24(25)29-23)14-28-30-22(32)17-7-3-4-8-19(17)31-11-5-6-12-31/h3-15H,2H2,1H3,(H,30,32). The molecule has 0 unspecified atom stereocenters. The SMILES string of the molecule is CCOc1cc(C=NNC(=O)c2ccccc2-n2cccc2)ccc1Oc1nc(Cl)ncc1F. The van der Waals surface area contributed by atoms with Crippen molar-refractivity contribution in [3.8, 4) is 23.1 Å². The lowest BCUT2D eigenvalue weighted by Crippen LogP contribution is -2.19. The maximum absolute atomic E-state index is 13.9. The number of carbonyl (C=O) groups excluding carboxylic acids is 1. The van der Waals surface area contributed by atoms with Gasteiger partial charge in [0.15, 0.2) is 11.5 Å². The number of aromatic nitrogens is 3. The second-order valence-corrected chi connectivity index (χ2v) is 7.18. The molecule has 0 aliphatic carbocycles. The lowest BCUT2D eigenvalue weighted by atomic mass is 10.1. The van der Waals surface area contributed by atoms with Crippen LogP contribution < -0.4 is 14.9 Å². The van der Waals surface area contributed by atoms with E-state index in [4.69, 9.17) is 21.1 Å². The number of ether oxygens (including phenoxy) is 2. The van der Waals surface area contributed by atoms with Gasteiger partial charge in [0.05, 0.1) is 30.3 Å². The molecular weight excluding hydrogens is 461 g/mol. The van der Waals surface area contributed by atoms with Crippen molar-refractivity contribution in [3.63, 3.8) is 0 Å². The summed E-state index contributed by atoms with van der Waals surface area (Å²) in [6, 6.07) is 15.9. The van der Waals surface area contributed by atoms with Crippen LogP contribution in [0.25, 0.3) is 5.69 Å². The molecule has 2 heterocycles. The molecule has 8 nitrogen and oxygen atoms in total. The molecule has 10 heteroatoms. The van der Waals surface area contributed by atoms with E-state index in [9.17, 15) is 9.18 Å². The Balaban J connectivity index is 1.50. The Bertz CT molecular complexity index is 1330. The zero-order valence-electron chi connectivity index (χ0n) is 18.0. The molecule has 0 fully saturated rings. The Morgan fingerprint density at radius 1 is 1.18 bits per heavy atom. The maximum atomic E-state index is 13.9. The number of benzene rings is 2. The van der Waals surface area contributed by atoms with Crippen molar-refractivity contribution in [2.45, 2.75) is 6.92 Å². The molecule has 0 aliphatic heterocycles. The van der Waals surface area contributed by atoms with Crippen LogP contribution in [0, 0.1) is 5.82 Å². The number of carbonyl (C=O) groups is 1. The summed E-state index contributed by atoms with van der Waals surface area (Å²) in [4.78, 5) is 20.0. The van der Waals surface area contributed by atoms with Gasteiger partial charge in [0.1, 0.15) is 0 Å². The molecule has 2 aromatic carbocycles. The van der Waals surface area contributed by atoms with Crippen molar-refractivity contribution < 1.29 is 18.7 Å². The number of rotatable bonds is 8. The topological polar surface area (TPSA) is 90.6 Å². The van der Waals surface area contributed by atoms with Crippen LogP contribution in [0.5, 0.6) is 17.4 Å². The van der Waals surface area contributed by atoms with Crippen molar-refractivity contribution in [1.82, 2.24) is 20.0 Å². The minimum Gasteiger partial charge on any atom is -0.490 e. The van der Waals surface area contributed by atoms with Gasteiger partial charge >= 0.3 is 0 Å². The quantitative estimate of drug-likeness (QED) is 0.218. The van der Waals surface area contributed by atoms with Crippen LogP contribution in [0.4, 0.5) is 4.39 Å². The van der Waals surface area contributed by atoms with E-state index in [1.807, 2.05) is 41.2 Å². The van der Waals surface area contributed by atoms with Crippen LogP contribution in [0.1, 0.15) is 22.8 Å². The van der Waals surface area contributed by atoms with E-state index in [2.05, 4.69) is 20.5 Å². The fourth-order valence-electron chi connectivity index (χ4n) is 3.08. The third kappa shape index (κ3) is 5.38. The highest BCUT2D eigenvalue weighted by Crippen LogP contribution is 2.32. The number of hydrogen-bond acceptors (Lipinski definition) is 6. The van der Waals surface area contributed by atoms with Gasteiger partial charge in [-0.3, -0.25) is 4.79 Å². The van der Waals surface area contributed by atoms with E-state index in [0.29, 0.717) is 23.5 Å². The molecule has 0 aliphatic rings. The minimum absolute atomic E-state index is 0.146. The van der Waals surface area contributed by atoms with Gasteiger partial charge in [0, 0.05) is 12.4 Å². The van der Waals surface area contributed by atoms with E-state index in [1.54, 1.807) is 37.3 Å². The highest BCUT2D eigenvalue weighted by atomic mass is 35.5. The van der Waals surface area contributed by atoms with Gasteiger partial charge in [-0.25, -0.2) is 10.4 Å². The fourth-order valence-corrected chi connectivity index (χ4v) is 3.20. The molecule has 0 atom stereocenters. The number of halogens is 2. The predicted octanol–water partition coefficient (Wildman–Crippen LogP) is 5.01. The Kier molecular flexibility index (Phi) is 7.14. The Morgan fingerprint density at radius 3 is 2.76 bits per heavy atom. The summed E-state index contributed by atoms with van der Waals surface area (Å²) < 4.78 is 26.9. The van der Waals surface area contributed by atoms with Crippen molar-refractivity contribution in [2.75, 3.05) is 6.61 Å². The molecule has 2 aromatic heterocycles. The lowest BCUT2D eigenvalue weighted by Gasteiger charge is -2.12. The molecular formula is C24H19ClFN5O3. The average Bonchev–Trinajstić information content (AvgIpc) is 3.38. The van der Waals surface area contributed by atoms with Crippen LogP contribution in [0.15, 0.2) is 78.3 Å². The van der Waals surface area contributed by atoms with Crippen molar-refractivity contribution in [3.05, 3.63) is 95.4 Å². The van der Waals surface area contributed by atoms with E-state index in [1.165, 1.54) is 6.21 Å². The van der Waals surface area contributed by atoms with Gasteiger partial charge in [-0.05, 0) is 66.6 Å². The average molecular weight is 480 g/mol. The third-order valence-electron chi connectivity index (χ3n) is 4.57. The van der Waals surface area contributed by atoms with Gasteiger partial charge in [-0.2, -0.15) is 14.5 Å². The van der Waals surface area contributed by atoms with Gasteiger partial charge < -0.3 is 14.0 Å². The number of amides is 1. The fraction of sp³-hybridized carbons (Fsp3) is 0.0833. The highest BCUT2D eigenvalue weighted by Gasteiger charge is 2.14. The molecule has 4 rings (SSSR count). The molecule has 34 heavy (non-hydrogen) atoms. The largest absolute Gasteiger partial charge is 0.490 e. The molecule has 0 radical (unpaired) electrons. The highest BCUT2D eigenvalue weighted by molar-refractivity contribution is 6.28. The van der Waals surface area contributed by atoms with Crippen LogP contribution >= 0.6 is 11.6 Å². The van der Waals surface area contributed by atoms with Gasteiger partial charge in [-0.1, -0.05) is 12.1 Å².